The molecule has 1 aliphatic heterocycles. The molecule has 2 atom stereocenters. The van der Waals surface area contributed by atoms with Crippen molar-refractivity contribution in [3.05, 3.63) is 69.1 Å². The highest BCUT2D eigenvalue weighted by molar-refractivity contribution is 7.03. The van der Waals surface area contributed by atoms with E-state index < -0.39 is 17.1 Å². The minimum absolute atomic E-state index is 0.0475. The predicted octanol–water partition coefficient (Wildman–Crippen LogP) is 3.96. The van der Waals surface area contributed by atoms with Crippen molar-refractivity contribution in [3.8, 4) is 17.0 Å². The van der Waals surface area contributed by atoms with E-state index in [1.165, 1.54) is 18.6 Å². The Bertz CT molecular complexity index is 1130. The molecule has 10 nitrogen and oxygen atoms in total. The molecular weight excluding hydrogens is 470 g/mol. The molecule has 2 N–H and O–H groups in total. The summed E-state index contributed by atoms with van der Waals surface area (Å²) in [7, 11) is 1.40. The van der Waals surface area contributed by atoms with E-state index >= 15 is 0 Å². The van der Waals surface area contributed by atoms with Gasteiger partial charge < -0.3 is 20.1 Å². The Balaban J connectivity index is 1.43. The number of nitrogens with one attached hydrogen (secondary N) is 2. The first-order valence-electron chi connectivity index (χ1n) is 11.4. The number of nitro benzene ring substituents is 1. The van der Waals surface area contributed by atoms with Gasteiger partial charge in [-0.3, -0.25) is 10.1 Å². The number of nitrogens with zero attached hydrogens (tertiary/aromatic N) is 3. The molecule has 35 heavy (non-hydrogen) atoms. The summed E-state index contributed by atoms with van der Waals surface area (Å²) in [5.74, 6) is 0.237. The van der Waals surface area contributed by atoms with E-state index in [0.717, 1.165) is 36.2 Å². The summed E-state index contributed by atoms with van der Waals surface area (Å²) in [6.45, 7) is 1.88. The number of rotatable bonds is 9. The lowest BCUT2D eigenvalue weighted by Gasteiger charge is -2.30. The van der Waals surface area contributed by atoms with Crippen molar-refractivity contribution in [2.45, 2.75) is 31.9 Å². The normalized spacial score (nSPS) is 16.3. The molecular formula is C24H27N5O5S. The Labute approximate surface area is 207 Å². The van der Waals surface area contributed by atoms with Crippen LogP contribution in [-0.2, 0) is 17.7 Å². The van der Waals surface area contributed by atoms with Crippen LogP contribution in [0.2, 0.25) is 0 Å². The van der Waals surface area contributed by atoms with Crippen molar-refractivity contribution in [1.82, 2.24) is 20.2 Å². The Kier molecular flexibility index (Phi) is 8.22. The second kappa shape index (κ2) is 11.7. The molecule has 0 bridgehead atoms. The second-order valence-corrected chi connectivity index (χ2v) is 8.93. The fourth-order valence-corrected chi connectivity index (χ4v) is 4.72. The van der Waals surface area contributed by atoms with E-state index in [9.17, 15) is 14.9 Å². The third kappa shape index (κ3) is 6.31. The van der Waals surface area contributed by atoms with Crippen LogP contribution >= 0.6 is 11.5 Å². The molecule has 1 saturated heterocycles. The molecule has 3 aromatic rings. The predicted molar refractivity (Wildman–Crippen MR) is 131 cm³/mol. The topological polar surface area (TPSA) is 129 Å². The second-order valence-electron chi connectivity index (χ2n) is 8.32. The number of hydrogen-bond donors (Lipinski definition) is 2. The van der Waals surface area contributed by atoms with Gasteiger partial charge in [0.25, 0.3) is 0 Å². The molecule has 0 radical (unpaired) electrons. The number of carbonyl (C=O) groups is 1. The average molecular weight is 498 g/mol. The number of benzene rings is 2. The monoisotopic (exact) mass is 497 g/mol. The summed E-state index contributed by atoms with van der Waals surface area (Å²) in [6, 6.07) is 12.6. The van der Waals surface area contributed by atoms with Crippen molar-refractivity contribution in [3.63, 3.8) is 0 Å². The molecule has 0 spiro atoms. The number of nitro groups is 1. The molecule has 1 fully saturated rings. The van der Waals surface area contributed by atoms with E-state index in [2.05, 4.69) is 20.2 Å². The first kappa shape index (κ1) is 24.6. The quantitative estimate of drug-likeness (QED) is 0.336. The van der Waals surface area contributed by atoms with E-state index in [1.807, 2.05) is 29.6 Å². The van der Waals surface area contributed by atoms with E-state index in [-0.39, 0.29) is 23.8 Å². The van der Waals surface area contributed by atoms with Crippen molar-refractivity contribution >= 4 is 23.3 Å². The Morgan fingerprint density at radius 2 is 2.14 bits per heavy atom. The molecule has 0 aliphatic carbocycles. The number of aromatic nitrogens is 2. The summed E-state index contributed by atoms with van der Waals surface area (Å²) in [5.41, 5.74) is 3.06. The molecule has 2 aromatic carbocycles. The zero-order chi connectivity index (χ0) is 24.6. The van der Waals surface area contributed by atoms with Crippen LogP contribution in [0, 0.1) is 16.0 Å². The van der Waals surface area contributed by atoms with Gasteiger partial charge in [0.1, 0.15) is 11.8 Å². The molecule has 1 aromatic heterocycles. The number of amides is 1. The molecule has 11 heteroatoms. The van der Waals surface area contributed by atoms with Gasteiger partial charge >= 0.3 is 11.8 Å². The Morgan fingerprint density at radius 1 is 1.31 bits per heavy atom. The molecule has 1 aliphatic rings. The van der Waals surface area contributed by atoms with E-state index in [4.69, 9.17) is 9.47 Å². The maximum atomic E-state index is 12.7. The number of ether oxygens (including phenoxy) is 2. The number of carbonyl (C=O) groups excluding carboxylic acids is 1. The highest BCUT2D eigenvalue weighted by atomic mass is 32.1. The van der Waals surface area contributed by atoms with Crippen molar-refractivity contribution in [1.29, 1.82) is 0 Å². The fourth-order valence-electron chi connectivity index (χ4n) is 4.26. The van der Waals surface area contributed by atoms with Gasteiger partial charge in [0.15, 0.2) is 5.75 Å². The SMILES string of the molecule is COc1cccc(CC(OC(=O)NCc2ccc(-c3csnn3)cc2)C2CCCNC2)c1[N+](=O)[O-]. The third-order valence-corrected chi connectivity index (χ3v) is 6.58. The minimum Gasteiger partial charge on any atom is -0.490 e. The number of hydrogen-bond acceptors (Lipinski definition) is 9. The smallest absolute Gasteiger partial charge is 0.407 e. The summed E-state index contributed by atoms with van der Waals surface area (Å²) in [5, 5.41) is 23.8. The molecule has 2 unspecified atom stereocenters. The molecule has 4 rings (SSSR count). The van der Waals surface area contributed by atoms with Gasteiger partial charge in [0.2, 0.25) is 0 Å². The highest BCUT2D eigenvalue weighted by Crippen LogP contribution is 2.33. The van der Waals surface area contributed by atoms with Crippen LogP contribution in [0.15, 0.2) is 47.8 Å². The molecule has 2 heterocycles. The van der Waals surface area contributed by atoms with Gasteiger partial charge in [-0.15, -0.1) is 5.10 Å². The summed E-state index contributed by atoms with van der Waals surface area (Å²) >= 11 is 1.29. The van der Waals surface area contributed by atoms with Gasteiger partial charge in [-0.25, -0.2) is 4.79 Å². The summed E-state index contributed by atoms with van der Waals surface area (Å²) in [6.07, 6.45) is 0.971. The average Bonchev–Trinajstić information content (AvgIpc) is 3.43. The molecule has 184 valence electrons. The maximum absolute atomic E-state index is 12.7. The number of alkyl carbamates (subject to hydrolysis) is 1. The molecule has 1 amide bonds. The number of para-hydroxylation sites is 1. The number of methoxy groups -OCH3 is 1. The van der Waals surface area contributed by atoms with Crippen LogP contribution in [0.3, 0.4) is 0 Å². The lowest BCUT2D eigenvalue weighted by atomic mass is 9.89. The van der Waals surface area contributed by atoms with Gasteiger partial charge in [0.05, 0.1) is 12.0 Å². The molecule has 0 saturated carbocycles. The minimum atomic E-state index is -0.557. The van der Waals surface area contributed by atoms with E-state index in [1.54, 1.807) is 18.2 Å². The van der Waals surface area contributed by atoms with Gasteiger partial charge in [-0.2, -0.15) is 0 Å². The van der Waals surface area contributed by atoms with Crippen LogP contribution in [0.5, 0.6) is 5.75 Å². The first-order valence-corrected chi connectivity index (χ1v) is 12.2. The summed E-state index contributed by atoms with van der Waals surface area (Å²) in [4.78, 5) is 24.0. The standard InChI is InChI=1S/C24H27N5O5S/c1-33-21-6-2-4-18(23(21)29(31)32)12-22(19-5-3-11-25-14-19)34-24(30)26-13-16-7-9-17(10-8-16)20-15-35-28-27-20/h2,4,6-10,15,19,22,25H,3,5,11-14H2,1H3,(H,26,30). The largest absolute Gasteiger partial charge is 0.490 e. The lowest BCUT2D eigenvalue weighted by Crippen LogP contribution is -2.41. The van der Waals surface area contributed by atoms with Crippen LogP contribution in [0.4, 0.5) is 10.5 Å². The van der Waals surface area contributed by atoms with Crippen LogP contribution in [0.1, 0.15) is 24.0 Å². The Hall–Kier alpha value is -3.57. The van der Waals surface area contributed by atoms with E-state index in [0.29, 0.717) is 18.7 Å². The number of piperidine rings is 1. The van der Waals surface area contributed by atoms with Crippen LogP contribution < -0.4 is 15.4 Å². The maximum Gasteiger partial charge on any atom is 0.407 e. The first-order chi connectivity index (χ1) is 17.0. The van der Waals surface area contributed by atoms with Gasteiger partial charge in [-0.1, -0.05) is 40.9 Å². The fraction of sp³-hybridized carbons (Fsp3) is 0.375. The summed E-state index contributed by atoms with van der Waals surface area (Å²) < 4.78 is 14.9. The van der Waals surface area contributed by atoms with Gasteiger partial charge in [-0.05, 0) is 42.5 Å². The highest BCUT2D eigenvalue weighted by Gasteiger charge is 2.31. The van der Waals surface area contributed by atoms with Crippen LogP contribution in [-0.4, -0.2) is 46.9 Å². The van der Waals surface area contributed by atoms with Crippen molar-refractivity contribution in [2.24, 2.45) is 5.92 Å². The van der Waals surface area contributed by atoms with Gasteiger partial charge in [0, 0.05) is 41.9 Å². The zero-order valence-electron chi connectivity index (χ0n) is 19.3. The van der Waals surface area contributed by atoms with Crippen molar-refractivity contribution < 1.29 is 19.2 Å². The Morgan fingerprint density at radius 3 is 2.80 bits per heavy atom. The lowest BCUT2D eigenvalue weighted by molar-refractivity contribution is -0.386. The third-order valence-electron chi connectivity index (χ3n) is 6.07. The van der Waals surface area contributed by atoms with Crippen molar-refractivity contribution in [2.75, 3.05) is 20.2 Å². The van der Waals surface area contributed by atoms with Crippen LogP contribution in [0.25, 0.3) is 11.3 Å². The zero-order valence-corrected chi connectivity index (χ0v) is 20.1.